The highest BCUT2D eigenvalue weighted by Gasteiger charge is 2.09. The van der Waals surface area contributed by atoms with Crippen molar-refractivity contribution in [1.82, 2.24) is 15.0 Å². The summed E-state index contributed by atoms with van der Waals surface area (Å²) in [5, 5.41) is 0. The Balaban J connectivity index is 2.09. The van der Waals surface area contributed by atoms with Gasteiger partial charge in [0.15, 0.2) is 0 Å². The third-order valence-electron chi connectivity index (χ3n) is 2.87. The number of hydrogen-bond donors (Lipinski definition) is 1. The van der Waals surface area contributed by atoms with Crippen LogP contribution in [0.15, 0.2) is 30.5 Å². The van der Waals surface area contributed by atoms with E-state index >= 15 is 0 Å². The topological polar surface area (TPSA) is 67.9 Å². The zero-order valence-corrected chi connectivity index (χ0v) is 12.4. The number of nitrogens with zero attached hydrogens (tertiary/aromatic N) is 4. The van der Waals surface area contributed by atoms with Crippen molar-refractivity contribution >= 4 is 23.2 Å². The molecular formula is C14H17N5S. The minimum Gasteiger partial charge on any atom is -0.388 e. The number of anilines is 1. The first-order chi connectivity index (χ1) is 9.56. The summed E-state index contributed by atoms with van der Waals surface area (Å²) in [5.74, 6) is 0.628. The summed E-state index contributed by atoms with van der Waals surface area (Å²) in [6.45, 7) is 2.68. The van der Waals surface area contributed by atoms with Crippen molar-refractivity contribution in [2.75, 3.05) is 18.5 Å². The van der Waals surface area contributed by atoms with Crippen LogP contribution in [-0.2, 0) is 6.42 Å². The van der Waals surface area contributed by atoms with Gasteiger partial charge in [0.1, 0.15) is 10.7 Å². The molecule has 2 rings (SSSR count). The Morgan fingerprint density at radius 3 is 2.80 bits per heavy atom. The van der Waals surface area contributed by atoms with Crippen LogP contribution in [0.1, 0.15) is 17.1 Å². The second-order valence-corrected chi connectivity index (χ2v) is 4.99. The Morgan fingerprint density at radius 1 is 1.35 bits per heavy atom. The van der Waals surface area contributed by atoms with Gasteiger partial charge in [-0.1, -0.05) is 18.3 Å². The average Bonchev–Trinajstić information content (AvgIpc) is 2.45. The number of hydrogen-bond acceptors (Lipinski definition) is 5. The summed E-state index contributed by atoms with van der Waals surface area (Å²) in [6.07, 6.45) is 2.63. The molecule has 2 heterocycles. The fraction of sp³-hybridized carbons (Fsp3) is 0.286. The van der Waals surface area contributed by atoms with Gasteiger partial charge in [-0.2, -0.15) is 0 Å². The standard InChI is InChI=1S/C14H17N5S/c1-10-9-12(13(15)20)18-14(17-10)19(2)8-6-11-5-3-4-7-16-11/h3-5,7,9H,6,8H2,1-2H3,(H2,15,20). The molecule has 0 saturated carbocycles. The van der Waals surface area contributed by atoms with Crippen LogP contribution in [0.5, 0.6) is 0 Å². The average molecular weight is 287 g/mol. The molecule has 20 heavy (non-hydrogen) atoms. The molecule has 0 amide bonds. The van der Waals surface area contributed by atoms with Crippen LogP contribution < -0.4 is 10.6 Å². The molecule has 0 aliphatic carbocycles. The van der Waals surface area contributed by atoms with Crippen molar-refractivity contribution in [3.8, 4) is 0 Å². The van der Waals surface area contributed by atoms with Gasteiger partial charge in [-0.25, -0.2) is 9.97 Å². The van der Waals surface area contributed by atoms with Crippen LogP contribution in [0.2, 0.25) is 0 Å². The smallest absolute Gasteiger partial charge is 0.225 e. The van der Waals surface area contributed by atoms with Crippen molar-refractivity contribution < 1.29 is 0 Å². The predicted molar refractivity (Wildman–Crippen MR) is 83.9 cm³/mol. The van der Waals surface area contributed by atoms with Gasteiger partial charge >= 0.3 is 0 Å². The Hall–Kier alpha value is -2.08. The number of nitrogens with two attached hydrogens (primary N) is 1. The zero-order chi connectivity index (χ0) is 14.5. The normalized spacial score (nSPS) is 10.3. The number of pyridine rings is 1. The molecule has 104 valence electrons. The summed E-state index contributed by atoms with van der Waals surface area (Å²) in [4.78, 5) is 15.3. The van der Waals surface area contributed by atoms with Gasteiger partial charge in [0.25, 0.3) is 0 Å². The number of aromatic nitrogens is 3. The predicted octanol–water partition coefficient (Wildman–Crippen LogP) is 1.49. The summed E-state index contributed by atoms with van der Waals surface area (Å²) >= 11 is 4.97. The second kappa shape index (κ2) is 6.38. The van der Waals surface area contributed by atoms with E-state index in [0.29, 0.717) is 11.6 Å². The van der Waals surface area contributed by atoms with Gasteiger partial charge in [0, 0.05) is 37.6 Å². The number of rotatable bonds is 5. The monoisotopic (exact) mass is 287 g/mol. The Bertz CT molecular complexity index is 600. The summed E-state index contributed by atoms with van der Waals surface area (Å²) in [5.41, 5.74) is 8.13. The third-order valence-corrected chi connectivity index (χ3v) is 3.07. The van der Waals surface area contributed by atoms with Gasteiger partial charge in [-0.3, -0.25) is 4.98 Å². The molecule has 0 aromatic carbocycles. The van der Waals surface area contributed by atoms with Crippen molar-refractivity contribution in [2.24, 2.45) is 5.73 Å². The van der Waals surface area contributed by atoms with Crippen molar-refractivity contribution in [3.05, 3.63) is 47.5 Å². The maximum atomic E-state index is 5.63. The summed E-state index contributed by atoms with van der Waals surface area (Å²) in [6, 6.07) is 7.69. The third kappa shape index (κ3) is 3.71. The van der Waals surface area contributed by atoms with Gasteiger partial charge < -0.3 is 10.6 Å². The van der Waals surface area contributed by atoms with Crippen molar-refractivity contribution in [2.45, 2.75) is 13.3 Å². The maximum Gasteiger partial charge on any atom is 0.225 e. The van der Waals surface area contributed by atoms with E-state index in [4.69, 9.17) is 18.0 Å². The van der Waals surface area contributed by atoms with E-state index in [0.717, 1.165) is 24.4 Å². The molecule has 0 spiro atoms. The molecule has 0 saturated heterocycles. The van der Waals surface area contributed by atoms with Gasteiger partial charge in [0.2, 0.25) is 5.95 Å². The molecule has 6 heteroatoms. The first kappa shape index (κ1) is 14.3. The molecule has 2 aromatic heterocycles. The molecule has 0 aliphatic heterocycles. The van der Waals surface area contributed by atoms with E-state index in [-0.39, 0.29) is 4.99 Å². The van der Waals surface area contributed by atoms with E-state index in [1.54, 1.807) is 12.3 Å². The van der Waals surface area contributed by atoms with Crippen LogP contribution in [0.25, 0.3) is 0 Å². The van der Waals surface area contributed by atoms with Crippen LogP contribution in [-0.4, -0.2) is 33.5 Å². The minimum absolute atomic E-state index is 0.287. The Kier molecular flexibility index (Phi) is 4.57. The Morgan fingerprint density at radius 2 is 2.15 bits per heavy atom. The van der Waals surface area contributed by atoms with Crippen LogP contribution in [0.3, 0.4) is 0 Å². The molecule has 0 unspecified atom stereocenters. The lowest BCUT2D eigenvalue weighted by Crippen LogP contribution is -2.24. The van der Waals surface area contributed by atoms with Crippen molar-refractivity contribution in [3.63, 3.8) is 0 Å². The SMILES string of the molecule is Cc1cc(C(N)=S)nc(N(C)CCc2ccccn2)n1. The van der Waals surface area contributed by atoms with E-state index in [1.807, 2.05) is 37.1 Å². The maximum absolute atomic E-state index is 5.63. The summed E-state index contributed by atoms with van der Waals surface area (Å²) in [7, 11) is 1.95. The van der Waals surface area contributed by atoms with Gasteiger partial charge in [-0.05, 0) is 25.1 Å². The highest BCUT2D eigenvalue weighted by Crippen LogP contribution is 2.09. The fourth-order valence-electron chi connectivity index (χ4n) is 1.78. The molecule has 2 aromatic rings. The molecule has 0 radical (unpaired) electrons. The van der Waals surface area contributed by atoms with Crippen LogP contribution >= 0.6 is 12.2 Å². The first-order valence-electron chi connectivity index (χ1n) is 6.33. The highest BCUT2D eigenvalue weighted by atomic mass is 32.1. The Labute approximate surface area is 123 Å². The lowest BCUT2D eigenvalue weighted by Gasteiger charge is -2.17. The molecule has 0 atom stereocenters. The number of likely N-dealkylation sites (N-methyl/N-ethyl adjacent to an activating group) is 1. The fourth-order valence-corrected chi connectivity index (χ4v) is 1.88. The van der Waals surface area contributed by atoms with E-state index < -0.39 is 0 Å². The van der Waals surface area contributed by atoms with Crippen molar-refractivity contribution in [1.29, 1.82) is 0 Å². The molecule has 5 nitrogen and oxygen atoms in total. The minimum atomic E-state index is 0.287. The molecule has 0 fully saturated rings. The van der Waals surface area contributed by atoms with Gasteiger partial charge in [-0.15, -0.1) is 0 Å². The second-order valence-electron chi connectivity index (χ2n) is 4.55. The van der Waals surface area contributed by atoms with Crippen LogP contribution in [0, 0.1) is 6.92 Å². The zero-order valence-electron chi connectivity index (χ0n) is 11.6. The largest absolute Gasteiger partial charge is 0.388 e. The molecule has 0 bridgehead atoms. The van der Waals surface area contributed by atoms with Crippen LogP contribution in [0.4, 0.5) is 5.95 Å². The summed E-state index contributed by atoms with van der Waals surface area (Å²) < 4.78 is 0. The lowest BCUT2D eigenvalue weighted by atomic mass is 10.2. The molecular weight excluding hydrogens is 270 g/mol. The lowest BCUT2D eigenvalue weighted by molar-refractivity contribution is 0.816. The highest BCUT2D eigenvalue weighted by molar-refractivity contribution is 7.80. The number of thiocarbonyl (C=S) groups is 1. The first-order valence-corrected chi connectivity index (χ1v) is 6.73. The van der Waals surface area contributed by atoms with E-state index in [9.17, 15) is 0 Å². The molecule has 0 aliphatic rings. The number of aryl methyl sites for hydroxylation is 1. The quantitative estimate of drug-likeness (QED) is 0.840. The van der Waals surface area contributed by atoms with E-state index in [1.165, 1.54) is 0 Å². The molecule has 2 N–H and O–H groups in total. The van der Waals surface area contributed by atoms with E-state index in [2.05, 4.69) is 15.0 Å². The van der Waals surface area contributed by atoms with Gasteiger partial charge in [0.05, 0.1) is 0 Å².